The Hall–Kier alpha value is -1.53. The molecular weight excluding hydrogens is 346 g/mol. The van der Waals surface area contributed by atoms with Crippen LogP contribution in [0.4, 0.5) is 4.79 Å². The van der Waals surface area contributed by atoms with Gasteiger partial charge < -0.3 is 19.9 Å². The van der Waals surface area contributed by atoms with Crippen molar-refractivity contribution in [1.29, 1.82) is 0 Å². The van der Waals surface area contributed by atoms with Crippen molar-refractivity contribution >= 4 is 35.0 Å². The van der Waals surface area contributed by atoms with Crippen LogP contribution in [0.15, 0.2) is 24.3 Å². The molecule has 0 atom stereocenters. The van der Waals surface area contributed by atoms with Gasteiger partial charge in [-0.2, -0.15) is 0 Å². The lowest BCUT2D eigenvalue weighted by atomic mass is 10.0. The molecule has 5 nitrogen and oxygen atoms in total. The average molecular weight is 368 g/mol. The number of ether oxygens (including phenoxy) is 1. The molecule has 1 aromatic rings. The Bertz CT molecular complexity index is 605. The smallest absolute Gasteiger partial charge is 0.410 e. The summed E-state index contributed by atoms with van der Waals surface area (Å²) < 4.78 is 5.14. The fourth-order valence-corrected chi connectivity index (χ4v) is 3.66. The summed E-state index contributed by atoms with van der Waals surface area (Å²) in [4.78, 5) is 15.9. The van der Waals surface area contributed by atoms with Crippen LogP contribution in [0.3, 0.4) is 0 Å². The van der Waals surface area contributed by atoms with Gasteiger partial charge in [-0.15, -0.1) is 0 Å². The number of nitrogens with one attached hydrogen (secondary N) is 1. The summed E-state index contributed by atoms with van der Waals surface area (Å²) in [5.74, 6) is 0. The van der Waals surface area contributed by atoms with Crippen molar-refractivity contribution in [1.82, 2.24) is 15.1 Å². The zero-order valence-electron chi connectivity index (χ0n) is 13.5. The Labute approximate surface area is 152 Å². The molecule has 130 valence electrons. The first kappa shape index (κ1) is 17.3. The number of carbonyl (C=O) groups excluding carboxylic acids is 1. The van der Waals surface area contributed by atoms with Crippen molar-refractivity contribution in [3.05, 3.63) is 34.9 Å². The van der Waals surface area contributed by atoms with Gasteiger partial charge in [-0.3, -0.25) is 0 Å². The molecule has 0 radical (unpaired) electrons. The molecule has 0 saturated carbocycles. The number of nitrogens with zero attached hydrogens (tertiary/aromatic N) is 2. The van der Waals surface area contributed by atoms with Gasteiger partial charge in [0.1, 0.15) is 0 Å². The maximum atomic E-state index is 11.8. The van der Waals surface area contributed by atoms with Gasteiger partial charge >= 0.3 is 6.09 Å². The summed E-state index contributed by atoms with van der Waals surface area (Å²) in [5, 5.41) is 4.77. The van der Waals surface area contributed by atoms with Crippen LogP contribution in [0, 0.1) is 0 Å². The molecule has 0 aliphatic carbocycles. The van der Waals surface area contributed by atoms with E-state index in [9.17, 15) is 4.79 Å². The Balaban J connectivity index is 1.46. The minimum absolute atomic E-state index is 0.167. The molecule has 2 fully saturated rings. The molecule has 1 amide bonds. The van der Waals surface area contributed by atoms with E-state index < -0.39 is 0 Å². The molecule has 0 bridgehead atoms. The van der Waals surface area contributed by atoms with Crippen molar-refractivity contribution in [2.45, 2.75) is 31.8 Å². The molecule has 1 aromatic carbocycles. The molecule has 0 unspecified atom stereocenters. The highest BCUT2D eigenvalue weighted by molar-refractivity contribution is 7.80. The first-order valence-corrected chi connectivity index (χ1v) is 9.13. The van der Waals surface area contributed by atoms with Gasteiger partial charge in [0, 0.05) is 37.2 Å². The number of piperidine rings is 1. The highest BCUT2D eigenvalue weighted by atomic mass is 35.5. The Morgan fingerprint density at radius 1 is 1.29 bits per heavy atom. The van der Waals surface area contributed by atoms with E-state index in [-0.39, 0.29) is 12.1 Å². The fourth-order valence-electron chi connectivity index (χ4n) is 3.21. The monoisotopic (exact) mass is 367 g/mol. The van der Waals surface area contributed by atoms with Crippen LogP contribution >= 0.6 is 23.8 Å². The molecular formula is C17H22ClN3O2S. The van der Waals surface area contributed by atoms with E-state index in [1.165, 1.54) is 0 Å². The number of benzene rings is 1. The van der Waals surface area contributed by atoms with E-state index in [0.29, 0.717) is 13.2 Å². The molecule has 2 aliphatic rings. The van der Waals surface area contributed by atoms with Crippen LogP contribution in [-0.4, -0.2) is 53.3 Å². The second-order valence-corrected chi connectivity index (χ2v) is 6.92. The summed E-state index contributed by atoms with van der Waals surface area (Å²) in [6.07, 6.45) is 2.59. The van der Waals surface area contributed by atoms with E-state index in [2.05, 4.69) is 10.2 Å². The maximum absolute atomic E-state index is 11.8. The highest BCUT2D eigenvalue weighted by Gasteiger charge is 2.31. The van der Waals surface area contributed by atoms with Gasteiger partial charge in [-0.1, -0.05) is 29.8 Å². The van der Waals surface area contributed by atoms with Crippen LogP contribution in [0.2, 0.25) is 5.02 Å². The van der Waals surface area contributed by atoms with E-state index in [4.69, 9.17) is 28.6 Å². The van der Waals surface area contributed by atoms with Crippen LogP contribution in [-0.2, 0) is 11.3 Å². The largest absolute Gasteiger partial charge is 0.449 e. The Kier molecular flexibility index (Phi) is 5.79. The average Bonchev–Trinajstić information content (AvgIpc) is 2.61. The lowest BCUT2D eigenvalue weighted by molar-refractivity contribution is 0.0433. The van der Waals surface area contributed by atoms with E-state index in [1.54, 1.807) is 0 Å². The van der Waals surface area contributed by atoms with Crippen molar-refractivity contribution in [3.63, 3.8) is 0 Å². The molecule has 2 aliphatic heterocycles. The van der Waals surface area contributed by atoms with Crippen molar-refractivity contribution in [2.75, 3.05) is 26.2 Å². The van der Waals surface area contributed by atoms with Gasteiger partial charge in [0.2, 0.25) is 0 Å². The number of cyclic esters (lactones) is 1. The summed E-state index contributed by atoms with van der Waals surface area (Å²) in [6, 6.07) is 8.02. The third kappa shape index (κ3) is 4.11. The predicted molar refractivity (Wildman–Crippen MR) is 98.2 cm³/mol. The zero-order chi connectivity index (χ0) is 16.9. The second-order valence-electron chi connectivity index (χ2n) is 6.13. The van der Waals surface area contributed by atoms with E-state index >= 15 is 0 Å². The first-order chi connectivity index (χ1) is 11.6. The van der Waals surface area contributed by atoms with Crippen molar-refractivity contribution in [3.8, 4) is 0 Å². The van der Waals surface area contributed by atoms with Crippen LogP contribution in [0.5, 0.6) is 0 Å². The number of hydrogen-bond acceptors (Lipinski definition) is 3. The van der Waals surface area contributed by atoms with Crippen LogP contribution in [0.25, 0.3) is 0 Å². The quantitative estimate of drug-likeness (QED) is 0.832. The first-order valence-electron chi connectivity index (χ1n) is 8.35. The third-order valence-corrected chi connectivity index (χ3v) is 5.36. The molecule has 2 saturated heterocycles. The number of thiocarbonyl (C=S) groups is 1. The molecule has 7 heteroatoms. The van der Waals surface area contributed by atoms with E-state index in [1.807, 2.05) is 29.2 Å². The predicted octanol–water partition coefficient (Wildman–Crippen LogP) is 3.02. The topological polar surface area (TPSA) is 44.8 Å². The SMILES string of the molecule is O=C1OCCCN1C1CCN(C(=S)NCc2ccccc2Cl)CC1. The van der Waals surface area contributed by atoms with Gasteiger partial charge in [0.15, 0.2) is 5.11 Å². The molecule has 0 spiro atoms. The molecule has 24 heavy (non-hydrogen) atoms. The normalized spacial score (nSPS) is 19.1. The number of rotatable bonds is 3. The minimum Gasteiger partial charge on any atom is -0.449 e. The zero-order valence-corrected chi connectivity index (χ0v) is 15.1. The number of amides is 1. The summed E-state index contributed by atoms with van der Waals surface area (Å²) in [7, 11) is 0. The van der Waals surface area contributed by atoms with E-state index in [0.717, 1.165) is 54.6 Å². The second kappa shape index (κ2) is 8.03. The van der Waals surface area contributed by atoms with Gasteiger partial charge in [0.05, 0.1) is 6.61 Å². The maximum Gasteiger partial charge on any atom is 0.410 e. The lowest BCUT2D eigenvalue weighted by Gasteiger charge is -2.40. The van der Waals surface area contributed by atoms with Gasteiger partial charge in [-0.25, -0.2) is 4.79 Å². The fraction of sp³-hybridized carbons (Fsp3) is 0.529. The highest BCUT2D eigenvalue weighted by Crippen LogP contribution is 2.20. The number of carbonyl (C=O) groups is 1. The molecule has 0 aromatic heterocycles. The van der Waals surface area contributed by atoms with Crippen molar-refractivity contribution < 1.29 is 9.53 Å². The third-order valence-electron chi connectivity index (χ3n) is 4.58. The Morgan fingerprint density at radius 3 is 2.75 bits per heavy atom. The van der Waals surface area contributed by atoms with Crippen molar-refractivity contribution in [2.24, 2.45) is 0 Å². The summed E-state index contributed by atoms with van der Waals surface area (Å²) in [6.45, 7) is 3.67. The lowest BCUT2D eigenvalue weighted by Crippen LogP contribution is -2.52. The number of hydrogen-bond donors (Lipinski definition) is 1. The summed E-state index contributed by atoms with van der Waals surface area (Å²) in [5.41, 5.74) is 1.03. The Morgan fingerprint density at radius 2 is 2.04 bits per heavy atom. The number of likely N-dealkylation sites (tertiary alicyclic amines) is 1. The standard InChI is InChI=1S/C17H22ClN3O2S/c18-15-5-2-1-4-13(15)12-19-16(24)20-9-6-14(7-10-20)21-8-3-11-23-17(21)22/h1-2,4-5,14H,3,6-12H2,(H,19,24). The van der Waals surface area contributed by atoms with Crippen LogP contribution in [0.1, 0.15) is 24.8 Å². The van der Waals surface area contributed by atoms with Crippen LogP contribution < -0.4 is 5.32 Å². The molecule has 2 heterocycles. The van der Waals surface area contributed by atoms with Gasteiger partial charge in [-0.05, 0) is 43.1 Å². The summed E-state index contributed by atoms with van der Waals surface area (Å²) >= 11 is 11.7. The molecule has 1 N–H and O–H groups in total. The van der Waals surface area contributed by atoms with Gasteiger partial charge in [0.25, 0.3) is 0 Å². The number of halogens is 1. The minimum atomic E-state index is -0.167. The molecule has 3 rings (SSSR count).